The molecule has 1 aliphatic rings. The molecule has 4 heteroatoms. The molecule has 1 saturated heterocycles. The van der Waals surface area contributed by atoms with Gasteiger partial charge in [0.05, 0.1) is 10.7 Å². The number of hydrogen-bond donors (Lipinski definition) is 0. The topological polar surface area (TPSA) is 29.5 Å². The number of halogens is 1. The molecule has 3 nitrogen and oxygen atoms in total. The largest absolute Gasteiger partial charge is 0.496 e. The summed E-state index contributed by atoms with van der Waals surface area (Å²) in [5.41, 5.74) is 0.726. The van der Waals surface area contributed by atoms with Crippen LogP contribution in [0.2, 0.25) is 0 Å². The van der Waals surface area contributed by atoms with Crippen molar-refractivity contribution in [3.8, 4) is 5.75 Å². The second-order valence-electron chi connectivity index (χ2n) is 4.20. The summed E-state index contributed by atoms with van der Waals surface area (Å²) in [5.74, 6) is 0.896. The van der Waals surface area contributed by atoms with Gasteiger partial charge in [0.1, 0.15) is 5.75 Å². The summed E-state index contributed by atoms with van der Waals surface area (Å²) in [7, 11) is 1.63. The molecule has 1 heterocycles. The van der Waals surface area contributed by atoms with Crippen molar-refractivity contribution in [2.75, 3.05) is 20.2 Å². The first kappa shape index (κ1) is 12.7. The van der Waals surface area contributed by atoms with E-state index in [-0.39, 0.29) is 5.91 Å². The standard InChI is InChI=1S/C13H16INO2/c1-17-12-9-10(5-6-11(12)14)13(16)15-7-3-2-4-8-15/h5-6,9H,2-4,7-8H2,1H3. The minimum absolute atomic E-state index is 0.124. The molecule has 1 fully saturated rings. The number of nitrogens with zero attached hydrogens (tertiary/aromatic N) is 1. The molecule has 0 atom stereocenters. The Morgan fingerprint density at radius 3 is 2.65 bits per heavy atom. The quantitative estimate of drug-likeness (QED) is 0.772. The van der Waals surface area contributed by atoms with Gasteiger partial charge in [0.2, 0.25) is 0 Å². The molecule has 17 heavy (non-hydrogen) atoms. The molecule has 0 aromatic heterocycles. The Morgan fingerprint density at radius 2 is 2.00 bits per heavy atom. The average Bonchev–Trinajstić information content (AvgIpc) is 2.39. The molecule has 0 saturated carbocycles. The molecule has 0 spiro atoms. The molecule has 0 aliphatic carbocycles. The predicted molar refractivity (Wildman–Crippen MR) is 75.5 cm³/mol. The number of rotatable bonds is 2. The van der Waals surface area contributed by atoms with E-state index in [1.165, 1.54) is 6.42 Å². The first-order chi connectivity index (χ1) is 8.22. The van der Waals surface area contributed by atoms with Crippen molar-refractivity contribution in [2.45, 2.75) is 19.3 Å². The molecule has 0 N–H and O–H groups in total. The number of benzene rings is 1. The minimum Gasteiger partial charge on any atom is -0.496 e. The number of methoxy groups -OCH3 is 1. The molecule has 1 aromatic carbocycles. The van der Waals surface area contributed by atoms with Crippen LogP contribution in [0, 0.1) is 3.57 Å². The Morgan fingerprint density at radius 1 is 1.29 bits per heavy atom. The third-order valence-corrected chi connectivity index (χ3v) is 3.93. The van der Waals surface area contributed by atoms with Gasteiger partial charge in [0.15, 0.2) is 0 Å². The fraction of sp³-hybridized carbons (Fsp3) is 0.462. The highest BCUT2D eigenvalue weighted by Gasteiger charge is 2.18. The molecular formula is C13H16INO2. The normalized spacial score (nSPS) is 15.8. The van der Waals surface area contributed by atoms with Crippen molar-refractivity contribution in [2.24, 2.45) is 0 Å². The van der Waals surface area contributed by atoms with Gasteiger partial charge < -0.3 is 9.64 Å². The number of carbonyl (C=O) groups is 1. The lowest BCUT2D eigenvalue weighted by atomic mass is 10.1. The molecule has 1 aromatic rings. The van der Waals surface area contributed by atoms with E-state index in [2.05, 4.69) is 22.6 Å². The van der Waals surface area contributed by atoms with Crippen molar-refractivity contribution in [1.29, 1.82) is 0 Å². The molecule has 0 bridgehead atoms. The molecular weight excluding hydrogens is 329 g/mol. The minimum atomic E-state index is 0.124. The number of likely N-dealkylation sites (tertiary alicyclic amines) is 1. The van der Waals surface area contributed by atoms with E-state index in [4.69, 9.17) is 4.74 Å². The van der Waals surface area contributed by atoms with Crippen LogP contribution in [0.4, 0.5) is 0 Å². The second kappa shape index (κ2) is 5.71. The summed E-state index contributed by atoms with van der Waals surface area (Å²) in [6.45, 7) is 1.76. The van der Waals surface area contributed by atoms with Crippen LogP contribution in [0.3, 0.4) is 0 Å². The first-order valence-electron chi connectivity index (χ1n) is 5.85. The summed E-state index contributed by atoms with van der Waals surface area (Å²) in [5, 5.41) is 0. The molecule has 0 unspecified atom stereocenters. The summed E-state index contributed by atoms with van der Waals surface area (Å²) in [4.78, 5) is 14.2. The summed E-state index contributed by atoms with van der Waals surface area (Å²) in [6, 6.07) is 5.64. The number of carbonyl (C=O) groups excluding carboxylic acids is 1. The summed E-state index contributed by atoms with van der Waals surface area (Å²) < 4.78 is 6.27. The lowest BCUT2D eigenvalue weighted by Crippen LogP contribution is -2.35. The Kier molecular flexibility index (Phi) is 4.25. The van der Waals surface area contributed by atoms with E-state index < -0.39 is 0 Å². The van der Waals surface area contributed by atoms with Gasteiger partial charge in [-0.15, -0.1) is 0 Å². The zero-order valence-electron chi connectivity index (χ0n) is 9.91. The smallest absolute Gasteiger partial charge is 0.253 e. The van der Waals surface area contributed by atoms with Gasteiger partial charge in [-0.1, -0.05) is 0 Å². The Hall–Kier alpha value is -0.780. The van der Waals surface area contributed by atoms with Crippen LogP contribution in [0.15, 0.2) is 18.2 Å². The van der Waals surface area contributed by atoms with E-state index in [9.17, 15) is 4.79 Å². The maximum atomic E-state index is 12.2. The maximum Gasteiger partial charge on any atom is 0.253 e. The highest BCUT2D eigenvalue weighted by atomic mass is 127. The zero-order valence-corrected chi connectivity index (χ0v) is 12.1. The van der Waals surface area contributed by atoms with Crippen molar-refractivity contribution in [3.63, 3.8) is 0 Å². The van der Waals surface area contributed by atoms with Crippen LogP contribution < -0.4 is 4.74 Å². The van der Waals surface area contributed by atoms with Gasteiger partial charge in [-0.3, -0.25) is 4.79 Å². The fourth-order valence-electron chi connectivity index (χ4n) is 2.07. The Labute approximate surface area is 115 Å². The van der Waals surface area contributed by atoms with E-state index in [0.29, 0.717) is 0 Å². The maximum absolute atomic E-state index is 12.2. The van der Waals surface area contributed by atoms with Gasteiger partial charge in [-0.2, -0.15) is 0 Å². The molecule has 92 valence electrons. The van der Waals surface area contributed by atoms with E-state index in [1.807, 2.05) is 23.1 Å². The highest BCUT2D eigenvalue weighted by Crippen LogP contribution is 2.23. The number of piperidine rings is 1. The van der Waals surface area contributed by atoms with E-state index in [1.54, 1.807) is 7.11 Å². The van der Waals surface area contributed by atoms with Gasteiger partial charge in [0.25, 0.3) is 5.91 Å². The van der Waals surface area contributed by atoms with Crippen molar-refractivity contribution in [3.05, 3.63) is 27.3 Å². The lowest BCUT2D eigenvalue weighted by molar-refractivity contribution is 0.0724. The molecule has 1 amide bonds. The van der Waals surface area contributed by atoms with Gasteiger partial charge in [0, 0.05) is 18.7 Å². The SMILES string of the molecule is COc1cc(C(=O)N2CCCCC2)ccc1I. The summed E-state index contributed by atoms with van der Waals surface area (Å²) in [6.07, 6.45) is 3.47. The first-order valence-corrected chi connectivity index (χ1v) is 6.93. The number of hydrogen-bond acceptors (Lipinski definition) is 2. The van der Waals surface area contributed by atoms with Gasteiger partial charge >= 0.3 is 0 Å². The number of amides is 1. The molecule has 0 radical (unpaired) electrons. The number of ether oxygens (including phenoxy) is 1. The average molecular weight is 345 g/mol. The van der Waals surface area contributed by atoms with Crippen molar-refractivity contribution >= 4 is 28.5 Å². The van der Waals surface area contributed by atoms with Crippen molar-refractivity contribution < 1.29 is 9.53 Å². The third kappa shape index (κ3) is 2.91. The van der Waals surface area contributed by atoms with Crippen LogP contribution >= 0.6 is 22.6 Å². The third-order valence-electron chi connectivity index (χ3n) is 3.04. The van der Waals surface area contributed by atoms with Gasteiger partial charge in [-0.05, 0) is 60.1 Å². The van der Waals surface area contributed by atoms with Crippen LogP contribution in [-0.2, 0) is 0 Å². The lowest BCUT2D eigenvalue weighted by Gasteiger charge is -2.26. The van der Waals surface area contributed by atoms with E-state index >= 15 is 0 Å². The van der Waals surface area contributed by atoms with Crippen LogP contribution in [0.25, 0.3) is 0 Å². The van der Waals surface area contributed by atoms with Crippen molar-refractivity contribution in [1.82, 2.24) is 4.90 Å². The highest BCUT2D eigenvalue weighted by molar-refractivity contribution is 14.1. The fourth-order valence-corrected chi connectivity index (χ4v) is 2.63. The van der Waals surface area contributed by atoms with Crippen LogP contribution in [0.1, 0.15) is 29.6 Å². The Balaban J connectivity index is 2.18. The van der Waals surface area contributed by atoms with Crippen LogP contribution in [0.5, 0.6) is 5.75 Å². The molecule has 1 aliphatic heterocycles. The predicted octanol–water partition coefficient (Wildman–Crippen LogP) is 2.93. The van der Waals surface area contributed by atoms with Crippen LogP contribution in [-0.4, -0.2) is 31.0 Å². The molecule has 2 rings (SSSR count). The van der Waals surface area contributed by atoms with E-state index in [0.717, 1.165) is 40.8 Å². The van der Waals surface area contributed by atoms with Gasteiger partial charge in [-0.25, -0.2) is 0 Å². The summed E-state index contributed by atoms with van der Waals surface area (Å²) >= 11 is 2.21. The Bertz CT molecular complexity index is 414. The monoisotopic (exact) mass is 345 g/mol. The second-order valence-corrected chi connectivity index (χ2v) is 5.36. The zero-order chi connectivity index (χ0) is 12.3.